The predicted molar refractivity (Wildman–Crippen MR) is 68.4 cm³/mol. The van der Waals surface area contributed by atoms with E-state index in [9.17, 15) is 9.59 Å². The minimum Gasteiger partial charge on any atom is -0.481 e. The molecular weight excluding hydrogens is 234 g/mol. The molecule has 2 atom stereocenters. The standard InChI is InChI=1S/C12H23N3O3/c1-8(11(16)17)9(2)14-12(18)15(3)10-4-6-13-7-5-10/h8-10,13H,4-7H2,1-3H3,(H,14,18)(H,16,17). The second kappa shape index (κ2) is 6.58. The van der Waals surface area contributed by atoms with Gasteiger partial charge >= 0.3 is 12.0 Å². The summed E-state index contributed by atoms with van der Waals surface area (Å²) in [5, 5.41) is 14.9. The molecule has 1 fully saturated rings. The van der Waals surface area contributed by atoms with Crippen LogP contribution < -0.4 is 10.6 Å². The van der Waals surface area contributed by atoms with E-state index < -0.39 is 11.9 Å². The van der Waals surface area contributed by atoms with Gasteiger partial charge in [0.05, 0.1) is 5.92 Å². The lowest BCUT2D eigenvalue weighted by Gasteiger charge is -2.33. The van der Waals surface area contributed by atoms with Crippen LogP contribution in [0.4, 0.5) is 4.79 Å². The van der Waals surface area contributed by atoms with Gasteiger partial charge in [0.25, 0.3) is 0 Å². The fraction of sp³-hybridized carbons (Fsp3) is 0.833. The summed E-state index contributed by atoms with van der Waals surface area (Å²) in [4.78, 5) is 24.5. The molecule has 6 heteroatoms. The predicted octanol–water partition coefficient (Wildman–Crippen LogP) is 0.489. The molecule has 2 amide bonds. The van der Waals surface area contributed by atoms with E-state index in [1.54, 1.807) is 25.8 Å². The molecule has 1 aliphatic heterocycles. The fourth-order valence-electron chi connectivity index (χ4n) is 2.00. The summed E-state index contributed by atoms with van der Waals surface area (Å²) < 4.78 is 0. The Morgan fingerprint density at radius 2 is 1.89 bits per heavy atom. The lowest BCUT2D eigenvalue weighted by Crippen LogP contribution is -2.51. The normalized spacial score (nSPS) is 19.9. The molecule has 1 heterocycles. The van der Waals surface area contributed by atoms with E-state index in [0.29, 0.717) is 0 Å². The van der Waals surface area contributed by atoms with Crippen molar-refractivity contribution in [2.45, 2.75) is 38.8 Å². The molecule has 0 aromatic heterocycles. The first-order chi connectivity index (χ1) is 8.43. The Bertz CT molecular complexity index is 303. The van der Waals surface area contributed by atoms with E-state index >= 15 is 0 Å². The van der Waals surface area contributed by atoms with Crippen LogP contribution >= 0.6 is 0 Å². The van der Waals surface area contributed by atoms with Gasteiger partial charge in [-0.1, -0.05) is 0 Å². The van der Waals surface area contributed by atoms with Crippen molar-refractivity contribution in [3.8, 4) is 0 Å². The quantitative estimate of drug-likeness (QED) is 0.684. The third kappa shape index (κ3) is 3.87. The molecule has 2 unspecified atom stereocenters. The van der Waals surface area contributed by atoms with Crippen molar-refractivity contribution in [1.82, 2.24) is 15.5 Å². The summed E-state index contributed by atoms with van der Waals surface area (Å²) in [6, 6.07) is -0.333. The van der Waals surface area contributed by atoms with Gasteiger partial charge in [-0.15, -0.1) is 0 Å². The number of carbonyl (C=O) groups is 2. The first-order valence-corrected chi connectivity index (χ1v) is 6.40. The van der Waals surface area contributed by atoms with E-state index in [1.165, 1.54) is 0 Å². The highest BCUT2D eigenvalue weighted by molar-refractivity contribution is 5.76. The van der Waals surface area contributed by atoms with Crippen LogP contribution in [0.1, 0.15) is 26.7 Å². The lowest BCUT2D eigenvalue weighted by molar-refractivity contribution is -0.141. The van der Waals surface area contributed by atoms with Crippen molar-refractivity contribution in [2.24, 2.45) is 5.92 Å². The maximum absolute atomic E-state index is 12.0. The number of urea groups is 1. The molecule has 6 nitrogen and oxygen atoms in total. The van der Waals surface area contributed by atoms with E-state index in [1.807, 2.05) is 0 Å². The summed E-state index contributed by atoms with van der Waals surface area (Å²) >= 11 is 0. The van der Waals surface area contributed by atoms with Gasteiger partial charge in [0.2, 0.25) is 0 Å². The smallest absolute Gasteiger partial charge is 0.317 e. The van der Waals surface area contributed by atoms with Gasteiger partial charge in [-0.2, -0.15) is 0 Å². The van der Waals surface area contributed by atoms with Crippen LogP contribution in [0.3, 0.4) is 0 Å². The van der Waals surface area contributed by atoms with E-state index in [0.717, 1.165) is 25.9 Å². The molecule has 0 spiro atoms. The van der Waals surface area contributed by atoms with E-state index in [4.69, 9.17) is 5.11 Å². The molecule has 0 bridgehead atoms. The van der Waals surface area contributed by atoms with Crippen molar-refractivity contribution in [3.63, 3.8) is 0 Å². The molecule has 0 radical (unpaired) electrons. The molecule has 104 valence electrons. The van der Waals surface area contributed by atoms with E-state index in [-0.39, 0.29) is 18.1 Å². The van der Waals surface area contributed by atoms with Crippen LogP contribution in [0.25, 0.3) is 0 Å². The number of hydrogen-bond donors (Lipinski definition) is 3. The summed E-state index contributed by atoms with van der Waals surface area (Å²) in [6.45, 7) is 5.15. The van der Waals surface area contributed by atoms with Crippen LogP contribution in [0.15, 0.2) is 0 Å². The zero-order valence-electron chi connectivity index (χ0n) is 11.3. The Kier molecular flexibility index (Phi) is 5.40. The number of rotatable bonds is 4. The van der Waals surface area contributed by atoms with Crippen molar-refractivity contribution >= 4 is 12.0 Å². The molecular formula is C12H23N3O3. The van der Waals surface area contributed by atoms with Gasteiger partial charge in [-0.3, -0.25) is 4.79 Å². The molecule has 1 saturated heterocycles. The maximum Gasteiger partial charge on any atom is 0.317 e. The number of hydrogen-bond acceptors (Lipinski definition) is 3. The third-order valence-corrected chi connectivity index (χ3v) is 3.67. The van der Waals surface area contributed by atoms with E-state index in [2.05, 4.69) is 10.6 Å². The number of nitrogens with one attached hydrogen (secondary N) is 2. The number of aliphatic carboxylic acids is 1. The first kappa shape index (κ1) is 14.8. The minimum atomic E-state index is -0.896. The average Bonchev–Trinajstić information content (AvgIpc) is 2.37. The highest BCUT2D eigenvalue weighted by atomic mass is 16.4. The number of carbonyl (C=O) groups excluding carboxylic acids is 1. The van der Waals surface area contributed by atoms with Gasteiger partial charge in [0, 0.05) is 19.1 Å². The molecule has 0 saturated carbocycles. The highest BCUT2D eigenvalue weighted by Gasteiger charge is 2.26. The number of piperidine rings is 1. The van der Waals surface area contributed by atoms with Gasteiger partial charge in [0.15, 0.2) is 0 Å². The third-order valence-electron chi connectivity index (χ3n) is 3.67. The summed E-state index contributed by atoms with van der Waals surface area (Å²) in [7, 11) is 1.77. The van der Waals surface area contributed by atoms with Crippen LogP contribution in [0, 0.1) is 5.92 Å². The van der Waals surface area contributed by atoms with Crippen molar-refractivity contribution in [3.05, 3.63) is 0 Å². The van der Waals surface area contributed by atoms with Gasteiger partial charge < -0.3 is 20.6 Å². The Labute approximate surface area is 108 Å². The topological polar surface area (TPSA) is 81.7 Å². The zero-order chi connectivity index (χ0) is 13.7. The van der Waals surface area contributed by atoms with Gasteiger partial charge in [-0.25, -0.2) is 4.79 Å². The number of carboxylic acid groups (broad SMARTS) is 1. The monoisotopic (exact) mass is 257 g/mol. The SMILES string of the molecule is CC(NC(=O)N(C)C1CCNCC1)C(C)C(=O)O. The van der Waals surface area contributed by atoms with Crippen LogP contribution in [0.2, 0.25) is 0 Å². The molecule has 0 aliphatic carbocycles. The van der Waals surface area contributed by atoms with Crippen LogP contribution in [0.5, 0.6) is 0 Å². The molecule has 3 N–H and O–H groups in total. The number of carboxylic acids is 1. The maximum atomic E-state index is 12.0. The second-order valence-corrected chi connectivity index (χ2v) is 4.96. The number of nitrogens with zero attached hydrogens (tertiary/aromatic N) is 1. The number of amides is 2. The molecule has 0 aromatic carbocycles. The lowest BCUT2D eigenvalue weighted by atomic mass is 10.0. The molecule has 0 aromatic rings. The van der Waals surface area contributed by atoms with Crippen LogP contribution in [-0.4, -0.2) is 54.2 Å². The first-order valence-electron chi connectivity index (χ1n) is 6.40. The van der Waals surface area contributed by atoms with Crippen molar-refractivity contribution in [1.29, 1.82) is 0 Å². The van der Waals surface area contributed by atoms with Gasteiger partial charge in [0.1, 0.15) is 0 Å². The van der Waals surface area contributed by atoms with Crippen molar-refractivity contribution < 1.29 is 14.7 Å². The Morgan fingerprint density at radius 3 is 2.39 bits per heavy atom. The highest BCUT2D eigenvalue weighted by Crippen LogP contribution is 2.11. The second-order valence-electron chi connectivity index (χ2n) is 4.96. The average molecular weight is 257 g/mol. The zero-order valence-corrected chi connectivity index (χ0v) is 11.3. The summed E-state index contributed by atoms with van der Waals surface area (Å²) in [5.41, 5.74) is 0. The summed E-state index contributed by atoms with van der Waals surface area (Å²) in [5.74, 6) is -1.48. The minimum absolute atomic E-state index is 0.192. The van der Waals surface area contributed by atoms with Crippen LogP contribution in [-0.2, 0) is 4.79 Å². The fourth-order valence-corrected chi connectivity index (χ4v) is 2.00. The Morgan fingerprint density at radius 1 is 1.33 bits per heavy atom. The molecule has 1 rings (SSSR count). The largest absolute Gasteiger partial charge is 0.481 e. The van der Waals surface area contributed by atoms with Crippen molar-refractivity contribution in [2.75, 3.05) is 20.1 Å². The van der Waals surface area contributed by atoms with Gasteiger partial charge in [-0.05, 0) is 39.8 Å². The molecule has 18 heavy (non-hydrogen) atoms. The molecule has 1 aliphatic rings. The Balaban J connectivity index is 2.46. The summed E-state index contributed by atoms with van der Waals surface area (Å²) in [6.07, 6.45) is 1.87. The Hall–Kier alpha value is -1.30.